The highest BCUT2D eigenvalue weighted by molar-refractivity contribution is 6.05. The molecule has 2 fully saturated rings. The summed E-state index contributed by atoms with van der Waals surface area (Å²) in [4.78, 5) is 37.4. The molecule has 0 saturated carbocycles. The van der Waals surface area contributed by atoms with Gasteiger partial charge in [0.2, 0.25) is 11.8 Å². The van der Waals surface area contributed by atoms with E-state index in [0.29, 0.717) is 24.4 Å². The molecule has 0 spiro atoms. The molecule has 0 aliphatic carbocycles. The monoisotopic (exact) mass is 299 g/mol. The maximum atomic E-state index is 12.5. The molecular formula is C16H17N3O3. The Hall–Kier alpha value is -2.21. The average Bonchev–Trinajstić information content (AvgIpc) is 2.74. The largest absolute Gasteiger partial charge is 0.322 e. The second kappa shape index (κ2) is 4.91. The second-order valence-corrected chi connectivity index (χ2v) is 6.17. The summed E-state index contributed by atoms with van der Waals surface area (Å²) in [6.07, 6.45) is 0.694. The first-order valence-electron chi connectivity index (χ1n) is 7.61. The molecule has 2 N–H and O–H groups in total. The zero-order chi connectivity index (χ0) is 15.3. The summed E-state index contributed by atoms with van der Waals surface area (Å²) in [5.41, 5.74) is 2.91. The lowest BCUT2D eigenvalue weighted by Gasteiger charge is -2.29. The van der Waals surface area contributed by atoms with Crippen LogP contribution in [0.25, 0.3) is 0 Å². The molecule has 4 rings (SSSR count). The molecule has 3 amide bonds. The van der Waals surface area contributed by atoms with Crippen molar-refractivity contribution in [1.82, 2.24) is 15.5 Å². The fourth-order valence-corrected chi connectivity index (χ4v) is 3.37. The number of nitrogens with zero attached hydrogens (tertiary/aromatic N) is 1. The number of imide groups is 1. The number of piperidine rings is 1. The number of hydrogen-bond donors (Lipinski definition) is 2. The molecule has 3 aliphatic rings. The molecule has 114 valence electrons. The molecule has 0 bridgehead atoms. The molecule has 1 atom stereocenters. The fourth-order valence-electron chi connectivity index (χ4n) is 3.37. The first kappa shape index (κ1) is 13.5. The summed E-state index contributed by atoms with van der Waals surface area (Å²) < 4.78 is 0. The van der Waals surface area contributed by atoms with Crippen molar-refractivity contribution in [2.45, 2.75) is 31.3 Å². The fraction of sp³-hybridized carbons (Fsp3) is 0.438. The first-order valence-corrected chi connectivity index (χ1v) is 7.61. The van der Waals surface area contributed by atoms with E-state index < -0.39 is 6.04 Å². The number of nitrogens with one attached hydrogen (secondary N) is 2. The van der Waals surface area contributed by atoms with Crippen LogP contribution >= 0.6 is 0 Å². The molecule has 2 saturated heterocycles. The Labute approximate surface area is 127 Å². The van der Waals surface area contributed by atoms with Crippen LogP contribution in [0.2, 0.25) is 0 Å². The van der Waals surface area contributed by atoms with Crippen LogP contribution in [0.1, 0.15) is 40.2 Å². The number of fused-ring (bicyclic) bond motifs is 1. The molecular weight excluding hydrogens is 282 g/mol. The highest BCUT2D eigenvalue weighted by Gasteiger charge is 2.39. The normalized spacial score (nSPS) is 25.0. The maximum absolute atomic E-state index is 12.5. The smallest absolute Gasteiger partial charge is 0.255 e. The summed E-state index contributed by atoms with van der Waals surface area (Å²) in [6, 6.07) is 5.43. The van der Waals surface area contributed by atoms with E-state index in [2.05, 4.69) is 16.7 Å². The van der Waals surface area contributed by atoms with Gasteiger partial charge in [0.15, 0.2) is 0 Å². The van der Waals surface area contributed by atoms with Crippen LogP contribution in [-0.2, 0) is 16.1 Å². The van der Waals surface area contributed by atoms with Gasteiger partial charge in [-0.25, -0.2) is 0 Å². The lowest BCUT2D eigenvalue weighted by atomic mass is 9.91. The van der Waals surface area contributed by atoms with Gasteiger partial charge in [-0.15, -0.1) is 0 Å². The third-order valence-electron chi connectivity index (χ3n) is 4.80. The van der Waals surface area contributed by atoms with E-state index in [4.69, 9.17) is 0 Å². The standard InChI is InChI=1S/C16H17N3O3/c20-14-4-3-13(15(21)18-14)19-8-10-5-9(11-6-17-7-11)1-2-12(10)16(19)22/h1-2,5,11,13,17H,3-4,6-8H2,(H,18,20,21). The second-order valence-electron chi connectivity index (χ2n) is 6.17. The molecule has 6 heteroatoms. The summed E-state index contributed by atoms with van der Waals surface area (Å²) >= 11 is 0. The minimum atomic E-state index is -0.536. The minimum Gasteiger partial charge on any atom is -0.322 e. The third-order valence-corrected chi connectivity index (χ3v) is 4.80. The van der Waals surface area contributed by atoms with Crippen molar-refractivity contribution < 1.29 is 14.4 Å². The Morgan fingerprint density at radius 3 is 2.64 bits per heavy atom. The molecule has 1 aromatic rings. The van der Waals surface area contributed by atoms with Crippen molar-refractivity contribution in [2.75, 3.05) is 13.1 Å². The van der Waals surface area contributed by atoms with Crippen LogP contribution in [0.15, 0.2) is 18.2 Å². The highest BCUT2D eigenvalue weighted by Crippen LogP contribution is 2.30. The number of amides is 3. The van der Waals surface area contributed by atoms with Crippen molar-refractivity contribution in [2.24, 2.45) is 0 Å². The van der Waals surface area contributed by atoms with Gasteiger partial charge in [0.05, 0.1) is 0 Å². The zero-order valence-corrected chi connectivity index (χ0v) is 12.1. The van der Waals surface area contributed by atoms with Crippen molar-refractivity contribution in [3.63, 3.8) is 0 Å². The summed E-state index contributed by atoms with van der Waals surface area (Å²) in [6.45, 7) is 2.40. The molecule has 3 aliphatic heterocycles. The SMILES string of the molecule is O=C1CCC(N2Cc3cc(C4CNC4)ccc3C2=O)C(=O)N1. The average molecular weight is 299 g/mol. The molecule has 1 aromatic carbocycles. The minimum absolute atomic E-state index is 0.109. The molecule has 1 unspecified atom stereocenters. The van der Waals surface area contributed by atoms with Crippen LogP contribution in [0.3, 0.4) is 0 Å². The first-order chi connectivity index (χ1) is 10.6. The van der Waals surface area contributed by atoms with E-state index >= 15 is 0 Å². The van der Waals surface area contributed by atoms with E-state index in [0.717, 1.165) is 18.7 Å². The van der Waals surface area contributed by atoms with E-state index in [9.17, 15) is 14.4 Å². The van der Waals surface area contributed by atoms with Crippen LogP contribution in [0.5, 0.6) is 0 Å². The quantitative estimate of drug-likeness (QED) is 0.761. The van der Waals surface area contributed by atoms with Gasteiger partial charge >= 0.3 is 0 Å². The Kier molecular flexibility index (Phi) is 3.00. The van der Waals surface area contributed by atoms with Gasteiger partial charge in [-0.1, -0.05) is 12.1 Å². The van der Waals surface area contributed by atoms with E-state index in [1.54, 1.807) is 4.90 Å². The molecule has 0 aromatic heterocycles. The molecule has 6 nitrogen and oxygen atoms in total. The molecule has 3 heterocycles. The lowest BCUT2D eigenvalue weighted by Crippen LogP contribution is -2.52. The highest BCUT2D eigenvalue weighted by atomic mass is 16.2. The van der Waals surface area contributed by atoms with Gasteiger partial charge in [-0.3, -0.25) is 19.7 Å². The van der Waals surface area contributed by atoms with Gasteiger partial charge in [-0.05, 0) is 23.6 Å². The predicted molar refractivity (Wildman–Crippen MR) is 78.1 cm³/mol. The molecule has 0 radical (unpaired) electrons. The summed E-state index contributed by atoms with van der Waals surface area (Å²) in [5.74, 6) is -0.209. The number of rotatable bonds is 2. The number of benzene rings is 1. The van der Waals surface area contributed by atoms with Crippen LogP contribution in [0, 0.1) is 0 Å². The summed E-state index contributed by atoms with van der Waals surface area (Å²) in [7, 11) is 0. The van der Waals surface area contributed by atoms with Crippen molar-refractivity contribution >= 4 is 17.7 Å². The Balaban J connectivity index is 1.58. The van der Waals surface area contributed by atoms with Gasteiger partial charge < -0.3 is 10.2 Å². The van der Waals surface area contributed by atoms with Crippen molar-refractivity contribution in [1.29, 1.82) is 0 Å². The van der Waals surface area contributed by atoms with Crippen LogP contribution in [-0.4, -0.2) is 41.8 Å². The van der Waals surface area contributed by atoms with Gasteiger partial charge in [0, 0.05) is 37.5 Å². The Morgan fingerprint density at radius 1 is 1.14 bits per heavy atom. The van der Waals surface area contributed by atoms with Crippen LogP contribution in [0.4, 0.5) is 0 Å². The zero-order valence-electron chi connectivity index (χ0n) is 12.1. The number of carbonyl (C=O) groups is 3. The van der Waals surface area contributed by atoms with Crippen LogP contribution < -0.4 is 10.6 Å². The predicted octanol–water partition coefficient (Wildman–Crippen LogP) is 0.134. The van der Waals surface area contributed by atoms with Gasteiger partial charge in [0.25, 0.3) is 5.91 Å². The third kappa shape index (κ3) is 2.02. The van der Waals surface area contributed by atoms with E-state index in [1.165, 1.54) is 5.56 Å². The number of carbonyl (C=O) groups excluding carboxylic acids is 3. The van der Waals surface area contributed by atoms with Crippen molar-refractivity contribution in [3.8, 4) is 0 Å². The topological polar surface area (TPSA) is 78.5 Å². The molecule has 22 heavy (non-hydrogen) atoms. The van der Waals surface area contributed by atoms with E-state index in [-0.39, 0.29) is 24.1 Å². The van der Waals surface area contributed by atoms with E-state index in [1.807, 2.05) is 12.1 Å². The van der Waals surface area contributed by atoms with Gasteiger partial charge in [0.1, 0.15) is 6.04 Å². The maximum Gasteiger partial charge on any atom is 0.255 e. The van der Waals surface area contributed by atoms with Crippen molar-refractivity contribution in [3.05, 3.63) is 34.9 Å². The Morgan fingerprint density at radius 2 is 1.95 bits per heavy atom. The van der Waals surface area contributed by atoms with Gasteiger partial charge in [-0.2, -0.15) is 0 Å². The number of hydrogen-bond acceptors (Lipinski definition) is 4. The lowest BCUT2D eigenvalue weighted by molar-refractivity contribution is -0.136. The Bertz CT molecular complexity index is 681. The summed E-state index contributed by atoms with van der Waals surface area (Å²) in [5, 5.41) is 5.57.